The molecule has 2 saturated heterocycles. The van der Waals surface area contributed by atoms with Crippen molar-refractivity contribution in [3.63, 3.8) is 0 Å². The maximum Gasteiger partial charge on any atom is 0.263 e. The van der Waals surface area contributed by atoms with Crippen molar-refractivity contribution < 1.29 is 13.2 Å². The van der Waals surface area contributed by atoms with Crippen LogP contribution >= 0.6 is 11.8 Å². The number of hydrogen-bond donors (Lipinski definition) is 1. The second-order valence-corrected chi connectivity index (χ2v) is 11.7. The predicted octanol–water partition coefficient (Wildman–Crippen LogP) is 2.55. The van der Waals surface area contributed by atoms with Crippen molar-refractivity contribution in [3.8, 4) is 6.07 Å². The highest BCUT2D eigenvalue weighted by Crippen LogP contribution is 2.41. The normalized spacial score (nSPS) is 22.3. The van der Waals surface area contributed by atoms with Crippen molar-refractivity contribution in [2.45, 2.75) is 17.8 Å². The molecule has 10 heteroatoms. The van der Waals surface area contributed by atoms with Gasteiger partial charge in [-0.25, -0.2) is 13.4 Å². The zero-order chi connectivity index (χ0) is 24.3. The van der Waals surface area contributed by atoms with Gasteiger partial charge in [0.15, 0.2) is 15.0 Å². The molecule has 2 atom stereocenters. The zero-order valence-electron chi connectivity index (χ0n) is 18.9. The number of aliphatic imine (C=N–C) groups is 1. The molecule has 2 heterocycles. The molecule has 8 nitrogen and oxygen atoms in total. The van der Waals surface area contributed by atoms with Gasteiger partial charge in [-0.05, 0) is 29.8 Å². The molecule has 2 unspecified atom stereocenters. The number of carbonyl (C=O) groups excluding carboxylic acids is 1. The van der Waals surface area contributed by atoms with Crippen molar-refractivity contribution in [3.05, 3.63) is 71.9 Å². The number of amides is 1. The quantitative estimate of drug-likeness (QED) is 0.485. The van der Waals surface area contributed by atoms with Crippen LogP contribution in [0.25, 0.3) is 0 Å². The van der Waals surface area contributed by atoms with Gasteiger partial charge in [0.25, 0.3) is 5.91 Å². The molecule has 0 aliphatic carbocycles. The molecule has 0 spiro atoms. The Morgan fingerprint density at radius 3 is 2.56 bits per heavy atom. The molecule has 0 radical (unpaired) electrons. The van der Waals surface area contributed by atoms with Crippen molar-refractivity contribution in [1.29, 1.82) is 5.26 Å². The number of thioether (sulfide) groups is 1. The molecule has 176 valence electrons. The minimum absolute atomic E-state index is 0.0471. The first-order valence-electron chi connectivity index (χ1n) is 10.7. The van der Waals surface area contributed by atoms with Gasteiger partial charge >= 0.3 is 0 Å². The number of nitrogens with zero attached hydrogens (tertiary/aromatic N) is 4. The Hall–Kier alpha value is -3.29. The van der Waals surface area contributed by atoms with E-state index in [1.165, 1.54) is 18.0 Å². The topological polar surface area (TPSA) is 106 Å². The summed E-state index contributed by atoms with van der Waals surface area (Å²) in [6, 6.07) is 18.9. The zero-order valence-corrected chi connectivity index (χ0v) is 20.5. The van der Waals surface area contributed by atoms with Crippen molar-refractivity contribution >= 4 is 44.0 Å². The average molecular weight is 496 g/mol. The Labute approximate surface area is 203 Å². The third-order valence-electron chi connectivity index (χ3n) is 5.68. The molecule has 4 rings (SSSR count). The van der Waals surface area contributed by atoms with Crippen molar-refractivity contribution in [1.82, 2.24) is 5.32 Å². The van der Waals surface area contributed by atoms with Gasteiger partial charge in [0.2, 0.25) is 0 Å². The predicted molar refractivity (Wildman–Crippen MR) is 136 cm³/mol. The molecule has 2 fully saturated rings. The fourth-order valence-corrected chi connectivity index (χ4v) is 7.81. The SMILES string of the molecule is CN(C)c1ccc(N2C(=N/C=C(\C#N)C(=O)NCc3ccccc3)SC3CS(=O)(=O)CC32)cc1. The van der Waals surface area contributed by atoms with Gasteiger partial charge in [-0.2, -0.15) is 5.26 Å². The Kier molecular flexibility index (Phi) is 6.95. The van der Waals surface area contributed by atoms with E-state index in [2.05, 4.69) is 10.3 Å². The monoisotopic (exact) mass is 495 g/mol. The van der Waals surface area contributed by atoms with Crippen LogP contribution in [0.1, 0.15) is 5.56 Å². The summed E-state index contributed by atoms with van der Waals surface area (Å²) in [6.45, 7) is 0.302. The smallest absolute Gasteiger partial charge is 0.263 e. The maximum atomic E-state index is 12.5. The van der Waals surface area contributed by atoms with E-state index in [-0.39, 0.29) is 28.4 Å². The lowest BCUT2D eigenvalue weighted by molar-refractivity contribution is -0.117. The molecule has 0 aromatic heterocycles. The van der Waals surface area contributed by atoms with E-state index < -0.39 is 15.7 Å². The molecule has 1 N–H and O–H groups in total. The molecule has 2 aliphatic heterocycles. The lowest BCUT2D eigenvalue weighted by Gasteiger charge is -2.25. The highest BCUT2D eigenvalue weighted by atomic mass is 32.2. The van der Waals surface area contributed by atoms with E-state index in [9.17, 15) is 18.5 Å². The van der Waals surface area contributed by atoms with E-state index in [0.29, 0.717) is 11.7 Å². The summed E-state index contributed by atoms with van der Waals surface area (Å²) in [7, 11) is 0.765. The highest BCUT2D eigenvalue weighted by molar-refractivity contribution is 8.16. The van der Waals surface area contributed by atoms with Crippen LogP contribution in [0.4, 0.5) is 11.4 Å². The lowest BCUT2D eigenvalue weighted by Crippen LogP contribution is -2.37. The average Bonchev–Trinajstić information content (AvgIpc) is 3.29. The maximum absolute atomic E-state index is 12.5. The summed E-state index contributed by atoms with van der Waals surface area (Å²) in [5, 5.41) is 12.7. The molecule has 0 saturated carbocycles. The van der Waals surface area contributed by atoms with Crippen molar-refractivity contribution in [2.75, 3.05) is 35.4 Å². The van der Waals surface area contributed by atoms with Gasteiger partial charge in [-0.15, -0.1) is 0 Å². The highest BCUT2D eigenvalue weighted by Gasteiger charge is 2.49. The number of fused-ring (bicyclic) bond motifs is 1. The fourth-order valence-electron chi connectivity index (χ4n) is 3.92. The third kappa shape index (κ3) is 5.26. The first-order chi connectivity index (χ1) is 16.3. The third-order valence-corrected chi connectivity index (χ3v) is 8.90. The number of carbonyl (C=O) groups is 1. The second-order valence-electron chi connectivity index (χ2n) is 8.32. The Bertz CT molecular complexity index is 1270. The molecule has 2 aliphatic rings. The van der Waals surface area contributed by atoms with E-state index >= 15 is 0 Å². The Morgan fingerprint density at radius 1 is 1.21 bits per heavy atom. The van der Waals surface area contributed by atoms with Gasteiger partial charge in [0.05, 0.1) is 23.7 Å². The number of nitriles is 1. The number of nitrogens with one attached hydrogen (secondary N) is 1. The van der Waals surface area contributed by atoms with Crippen LogP contribution in [-0.2, 0) is 21.2 Å². The Balaban J connectivity index is 1.58. The van der Waals surface area contributed by atoms with E-state index in [1.54, 1.807) is 0 Å². The largest absolute Gasteiger partial charge is 0.378 e. The number of amidine groups is 1. The molecule has 0 bridgehead atoms. The standard InChI is InChI=1S/C24H25N5O3S2/c1-28(2)19-8-10-20(11-9-19)29-21-15-34(31,32)16-22(21)33-24(29)27-14-18(12-25)23(30)26-13-17-6-4-3-5-7-17/h3-11,14,21-22H,13,15-16H2,1-2H3,(H,26,30)/b18-14+,27-24?. The first-order valence-corrected chi connectivity index (χ1v) is 13.4. The van der Waals surface area contributed by atoms with Gasteiger partial charge in [-0.1, -0.05) is 42.1 Å². The van der Waals surface area contributed by atoms with Crippen LogP contribution in [0.15, 0.2) is 71.4 Å². The Morgan fingerprint density at radius 2 is 1.91 bits per heavy atom. The van der Waals surface area contributed by atoms with Gasteiger partial charge in [0.1, 0.15) is 11.6 Å². The van der Waals surface area contributed by atoms with E-state index in [4.69, 9.17) is 0 Å². The number of sulfone groups is 1. The molecule has 1 amide bonds. The van der Waals surface area contributed by atoms with Crippen LogP contribution in [-0.4, -0.2) is 56.4 Å². The summed E-state index contributed by atoms with van der Waals surface area (Å²) in [5.74, 6) is -0.380. The fraction of sp³-hybridized carbons (Fsp3) is 0.292. The van der Waals surface area contributed by atoms with Crippen LogP contribution in [0.2, 0.25) is 0 Å². The first kappa shape index (κ1) is 23.9. The molecular formula is C24H25N5O3S2. The summed E-state index contributed by atoms with van der Waals surface area (Å²) in [4.78, 5) is 20.9. The van der Waals surface area contributed by atoms with Crippen LogP contribution in [0.5, 0.6) is 0 Å². The molecule has 2 aromatic rings. The van der Waals surface area contributed by atoms with Gasteiger partial charge < -0.3 is 15.1 Å². The number of hydrogen-bond acceptors (Lipinski definition) is 7. The minimum Gasteiger partial charge on any atom is -0.378 e. The number of rotatable bonds is 6. The lowest BCUT2D eigenvalue weighted by atomic mass is 10.2. The summed E-state index contributed by atoms with van der Waals surface area (Å²) in [6.07, 6.45) is 1.26. The minimum atomic E-state index is -3.13. The summed E-state index contributed by atoms with van der Waals surface area (Å²) < 4.78 is 24.5. The van der Waals surface area contributed by atoms with Gasteiger partial charge in [0, 0.05) is 37.3 Å². The van der Waals surface area contributed by atoms with E-state index in [0.717, 1.165) is 16.9 Å². The summed E-state index contributed by atoms with van der Waals surface area (Å²) >= 11 is 1.37. The van der Waals surface area contributed by atoms with Crippen LogP contribution in [0, 0.1) is 11.3 Å². The molecule has 34 heavy (non-hydrogen) atoms. The molecule has 2 aromatic carbocycles. The molecular weight excluding hydrogens is 470 g/mol. The van der Waals surface area contributed by atoms with Gasteiger partial charge in [-0.3, -0.25) is 4.79 Å². The van der Waals surface area contributed by atoms with Crippen molar-refractivity contribution in [2.24, 2.45) is 4.99 Å². The second kappa shape index (κ2) is 9.91. The van der Waals surface area contributed by atoms with Crippen LogP contribution in [0.3, 0.4) is 0 Å². The summed E-state index contributed by atoms with van der Waals surface area (Å²) in [5.41, 5.74) is 2.65. The van der Waals surface area contributed by atoms with Crippen LogP contribution < -0.4 is 15.1 Å². The number of anilines is 2. The van der Waals surface area contributed by atoms with E-state index in [1.807, 2.05) is 84.6 Å². The number of benzene rings is 2.